The summed E-state index contributed by atoms with van der Waals surface area (Å²) >= 11 is 1.44. The van der Waals surface area contributed by atoms with Crippen LogP contribution in [0.1, 0.15) is 31.2 Å². The van der Waals surface area contributed by atoms with Crippen molar-refractivity contribution in [3.05, 3.63) is 69.5 Å². The van der Waals surface area contributed by atoms with Crippen LogP contribution in [-0.4, -0.2) is 34.3 Å². The van der Waals surface area contributed by atoms with Crippen LogP contribution < -0.4 is 9.64 Å². The number of ether oxygens (including phenoxy) is 1. The number of nitriles is 1. The number of aromatic nitrogens is 3. The van der Waals surface area contributed by atoms with Gasteiger partial charge in [-0.1, -0.05) is 11.3 Å². The summed E-state index contributed by atoms with van der Waals surface area (Å²) < 4.78 is 5.36. The number of carbonyl (C=O) groups is 2. The van der Waals surface area contributed by atoms with Gasteiger partial charge in [0.05, 0.1) is 41.4 Å². The van der Waals surface area contributed by atoms with Crippen molar-refractivity contribution in [3.63, 3.8) is 0 Å². The van der Waals surface area contributed by atoms with Gasteiger partial charge in [-0.2, -0.15) is 5.26 Å². The molecular formula is C23H15N5O3S. The summed E-state index contributed by atoms with van der Waals surface area (Å²) in [6.07, 6.45) is 1.55. The summed E-state index contributed by atoms with van der Waals surface area (Å²) in [7, 11) is 1.52. The number of nitrogens with one attached hydrogen (secondary N) is 1. The second-order valence-electron chi connectivity index (χ2n) is 7.15. The lowest BCUT2D eigenvalue weighted by Gasteiger charge is -2.19. The summed E-state index contributed by atoms with van der Waals surface area (Å²) in [5.41, 5.74) is 4.12. The molecule has 1 N–H and O–H groups in total. The SMILES string of the molecule is COc1ccc(-c2c(C#N)csc2C)c(N2C(=O)c3ccc(-c4cnn[nH]4)cc3C2=O)c1. The Morgan fingerprint density at radius 3 is 2.59 bits per heavy atom. The zero-order valence-corrected chi connectivity index (χ0v) is 17.9. The third-order valence-corrected chi connectivity index (χ3v) is 6.33. The van der Waals surface area contributed by atoms with E-state index in [0.717, 1.165) is 9.78 Å². The fourth-order valence-electron chi connectivity index (χ4n) is 3.87. The second-order valence-corrected chi connectivity index (χ2v) is 8.24. The number of hydrogen-bond acceptors (Lipinski definition) is 7. The molecule has 0 saturated carbocycles. The number of benzene rings is 2. The average Bonchev–Trinajstić information content (AvgIpc) is 3.53. The highest BCUT2D eigenvalue weighted by Crippen LogP contribution is 2.42. The highest BCUT2D eigenvalue weighted by molar-refractivity contribution is 7.10. The summed E-state index contributed by atoms with van der Waals surface area (Å²) in [6.45, 7) is 1.90. The predicted molar refractivity (Wildman–Crippen MR) is 119 cm³/mol. The molecule has 0 atom stereocenters. The van der Waals surface area contributed by atoms with Crippen LogP contribution in [0.3, 0.4) is 0 Å². The number of nitrogens with zero attached hydrogens (tertiary/aromatic N) is 4. The lowest BCUT2D eigenvalue weighted by molar-refractivity contribution is 0.0926. The first kappa shape index (κ1) is 19.7. The molecule has 4 aromatic rings. The largest absolute Gasteiger partial charge is 0.497 e. The van der Waals surface area contributed by atoms with Crippen molar-refractivity contribution >= 4 is 28.8 Å². The van der Waals surface area contributed by atoms with Crippen molar-refractivity contribution in [1.29, 1.82) is 5.26 Å². The van der Waals surface area contributed by atoms with Crippen LogP contribution in [0, 0.1) is 18.3 Å². The van der Waals surface area contributed by atoms with Crippen LogP contribution in [0.2, 0.25) is 0 Å². The number of fused-ring (bicyclic) bond motifs is 1. The first-order valence-corrected chi connectivity index (χ1v) is 10.5. The number of hydrogen-bond donors (Lipinski definition) is 1. The Labute approximate surface area is 186 Å². The molecule has 3 heterocycles. The number of aryl methyl sites for hydroxylation is 1. The van der Waals surface area contributed by atoms with Gasteiger partial charge < -0.3 is 4.74 Å². The number of imide groups is 1. The Morgan fingerprint density at radius 2 is 1.88 bits per heavy atom. The summed E-state index contributed by atoms with van der Waals surface area (Å²) in [4.78, 5) is 28.9. The number of thiophene rings is 1. The molecule has 2 amide bonds. The minimum absolute atomic E-state index is 0.290. The van der Waals surface area contributed by atoms with Crippen molar-refractivity contribution in [2.24, 2.45) is 0 Å². The number of carbonyl (C=O) groups excluding carboxylic acids is 2. The molecule has 0 fully saturated rings. The van der Waals surface area contributed by atoms with Gasteiger partial charge in [-0.15, -0.1) is 16.4 Å². The Balaban J connectivity index is 1.68. The number of anilines is 1. The molecule has 2 aromatic heterocycles. The fourth-order valence-corrected chi connectivity index (χ4v) is 4.67. The lowest BCUT2D eigenvalue weighted by atomic mass is 9.99. The molecule has 0 bridgehead atoms. The maximum atomic E-state index is 13.5. The molecular weight excluding hydrogens is 426 g/mol. The zero-order chi connectivity index (χ0) is 22.4. The molecule has 8 nitrogen and oxygen atoms in total. The maximum absolute atomic E-state index is 13.5. The molecule has 2 aromatic carbocycles. The molecule has 0 radical (unpaired) electrons. The first-order chi connectivity index (χ1) is 15.5. The Hall–Kier alpha value is -4.29. The van der Waals surface area contributed by atoms with Gasteiger partial charge in [0.25, 0.3) is 11.8 Å². The van der Waals surface area contributed by atoms with Crippen LogP contribution in [0.5, 0.6) is 5.75 Å². The van der Waals surface area contributed by atoms with E-state index in [2.05, 4.69) is 21.5 Å². The normalized spacial score (nSPS) is 12.7. The van der Waals surface area contributed by atoms with E-state index in [1.165, 1.54) is 18.4 Å². The molecule has 156 valence electrons. The van der Waals surface area contributed by atoms with Gasteiger partial charge in [0, 0.05) is 33.0 Å². The molecule has 5 rings (SSSR count). The van der Waals surface area contributed by atoms with E-state index < -0.39 is 11.8 Å². The Bertz CT molecular complexity index is 1430. The standard InChI is InChI=1S/C23H15N5O3S/c1-12-21(14(9-24)11-32-12)17-6-4-15(31-2)8-20(17)28-22(29)16-5-3-13(7-18(16)23(28)30)19-10-25-27-26-19/h3-8,10-11H,1-2H3,(H,25,26,27). The lowest BCUT2D eigenvalue weighted by Crippen LogP contribution is -2.30. The van der Waals surface area contributed by atoms with Crippen molar-refractivity contribution in [3.8, 4) is 34.2 Å². The van der Waals surface area contributed by atoms with Gasteiger partial charge in [0.1, 0.15) is 11.8 Å². The molecule has 1 aliphatic heterocycles. The van der Waals surface area contributed by atoms with E-state index in [-0.39, 0.29) is 0 Å². The smallest absolute Gasteiger partial charge is 0.266 e. The number of amides is 2. The quantitative estimate of drug-likeness (QED) is 0.475. The number of methoxy groups -OCH3 is 1. The predicted octanol–water partition coefficient (Wildman–Crippen LogP) is 4.19. The maximum Gasteiger partial charge on any atom is 0.266 e. The van der Waals surface area contributed by atoms with Crippen molar-refractivity contribution < 1.29 is 14.3 Å². The Kier molecular flexibility index (Phi) is 4.57. The molecule has 1 aliphatic rings. The van der Waals surface area contributed by atoms with Gasteiger partial charge in [0.15, 0.2) is 0 Å². The van der Waals surface area contributed by atoms with Crippen LogP contribution >= 0.6 is 11.3 Å². The summed E-state index contributed by atoms with van der Waals surface area (Å²) in [5, 5.41) is 21.6. The molecule has 0 unspecified atom stereocenters. The van der Waals surface area contributed by atoms with Crippen molar-refractivity contribution in [2.75, 3.05) is 12.0 Å². The minimum atomic E-state index is -0.444. The monoisotopic (exact) mass is 441 g/mol. The summed E-state index contributed by atoms with van der Waals surface area (Å²) in [5.74, 6) is -0.378. The van der Waals surface area contributed by atoms with Crippen LogP contribution in [-0.2, 0) is 0 Å². The second kappa shape index (κ2) is 7.44. The third kappa shape index (κ3) is 2.89. The summed E-state index contributed by atoms with van der Waals surface area (Å²) in [6, 6.07) is 12.4. The van der Waals surface area contributed by atoms with Crippen molar-refractivity contribution in [2.45, 2.75) is 6.92 Å². The number of H-pyrrole nitrogens is 1. The van der Waals surface area contributed by atoms with Crippen LogP contribution in [0.15, 0.2) is 48.0 Å². The highest BCUT2D eigenvalue weighted by Gasteiger charge is 2.38. The van der Waals surface area contributed by atoms with Crippen LogP contribution in [0.4, 0.5) is 5.69 Å². The molecule has 0 saturated heterocycles. The highest BCUT2D eigenvalue weighted by atomic mass is 32.1. The van der Waals surface area contributed by atoms with E-state index in [0.29, 0.717) is 50.5 Å². The first-order valence-electron chi connectivity index (χ1n) is 9.59. The fraction of sp³-hybridized carbons (Fsp3) is 0.0870. The van der Waals surface area contributed by atoms with Gasteiger partial charge in [-0.05, 0) is 31.2 Å². The van der Waals surface area contributed by atoms with Crippen molar-refractivity contribution in [1.82, 2.24) is 15.4 Å². The average molecular weight is 441 g/mol. The van der Waals surface area contributed by atoms with Crippen LogP contribution in [0.25, 0.3) is 22.4 Å². The minimum Gasteiger partial charge on any atom is -0.497 e. The third-order valence-electron chi connectivity index (χ3n) is 5.42. The van der Waals surface area contributed by atoms with E-state index in [4.69, 9.17) is 4.74 Å². The van der Waals surface area contributed by atoms with Gasteiger partial charge in [-0.3, -0.25) is 14.7 Å². The van der Waals surface area contributed by atoms with E-state index in [1.807, 2.05) is 6.92 Å². The number of rotatable bonds is 4. The molecule has 9 heteroatoms. The molecule has 32 heavy (non-hydrogen) atoms. The van der Waals surface area contributed by atoms with E-state index in [9.17, 15) is 14.9 Å². The Morgan fingerprint density at radius 1 is 1.09 bits per heavy atom. The van der Waals surface area contributed by atoms with Gasteiger partial charge >= 0.3 is 0 Å². The zero-order valence-electron chi connectivity index (χ0n) is 17.0. The van der Waals surface area contributed by atoms with E-state index in [1.54, 1.807) is 48.0 Å². The number of aromatic amines is 1. The van der Waals surface area contributed by atoms with Gasteiger partial charge in [0.2, 0.25) is 0 Å². The van der Waals surface area contributed by atoms with E-state index >= 15 is 0 Å². The molecule has 0 spiro atoms. The molecule has 0 aliphatic carbocycles. The van der Waals surface area contributed by atoms with Gasteiger partial charge in [-0.25, -0.2) is 4.90 Å². The topological polar surface area (TPSA) is 112 Å².